The number of aromatic hydroxyl groups is 1. The van der Waals surface area contributed by atoms with E-state index >= 15 is 0 Å². The molecule has 1 atom stereocenters. The van der Waals surface area contributed by atoms with E-state index in [0.29, 0.717) is 66.8 Å². The Kier molecular flexibility index (Phi) is 7.74. The number of hydrogen-bond donors (Lipinski definition) is 4. The molecule has 0 spiro atoms. The number of rotatable bonds is 8. The van der Waals surface area contributed by atoms with Gasteiger partial charge in [0.2, 0.25) is 6.41 Å². The summed E-state index contributed by atoms with van der Waals surface area (Å²) in [5, 5.41) is 17.5. The van der Waals surface area contributed by atoms with Gasteiger partial charge in [-0.15, -0.1) is 0 Å². The van der Waals surface area contributed by atoms with Crippen molar-refractivity contribution in [3.63, 3.8) is 0 Å². The number of aromatic nitrogens is 4. The van der Waals surface area contributed by atoms with Crippen molar-refractivity contribution >= 4 is 34.9 Å². The van der Waals surface area contributed by atoms with E-state index in [2.05, 4.69) is 40.4 Å². The molecule has 2 aliphatic heterocycles. The third-order valence-corrected chi connectivity index (χ3v) is 7.56. The van der Waals surface area contributed by atoms with Gasteiger partial charge in [0.15, 0.2) is 5.75 Å². The van der Waals surface area contributed by atoms with Gasteiger partial charge >= 0.3 is 0 Å². The number of benzene rings is 1. The fraction of sp³-hybridized carbons (Fsp3) is 0.345. The minimum absolute atomic E-state index is 0.0851. The average Bonchev–Trinajstić information content (AvgIpc) is 3.35. The molecule has 0 saturated carbocycles. The van der Waals surface area contributed by atoms with Gasteiger partial charge in [-0.25, -0.2) is 9.97 Å². The van der Waals surface area contributed by atoms with Crippen molar-refractivity contribution in [2.24, 2.45) is 0 Å². The number of nitrogens with one attached hydrogen (secondary N) is 3. The number of fused-ring (bicyclic) bond motifs is 1. The van der Waals surface area contributed by atoms with Gasteiger partial charge in [0.25, 0.3) is 5.91 Å². The molecule has 0 aliphatic carbocycles. The molecule has 5 heterocycles. The molecule has 6 rings (SSSR count). The van der Waals surface area contributed by atoms with E-state index in [1.807, 2.05) is 18.2 Å². The first kappa shape index (κ1) is 26.7. The Morgan fingerprint density at radius 2 is 1.95 bits per heavy atom. The van der Waals surface area contributed by atoms with Crippen LogP contribution >= 0.6 is 0 Å². The second-order valence-corrected chi connectivity index (χ2v) is 10.3. The van der Waals surface area contributed by atoms with Crippen LogP contribution in [0.5, 0.6) is 5.75 Å². The molecule has 2 saturated heterocycles. The first-order valence-corrected chi connectivity index (χ1v) is 13.8. The Bertz CT molecular complexity index is 1530. The summed E-state index contributed by atoms with van der Waals surface area (Å²) in [6, 6.07) is 11.1. The normalized spacial score (nSPS) is 17.9. The highest BCUT2D eigenvalue weighted by molar-refractivity contribution is 6.03. The van der Waals surface area contributed by atoms with Crippen molar-refractivity contribution < 1.29 is 19.4 Å². The Hall–Kier alpha value is -4.55. The molecule has 2 amide bonds. The molecular formula is C29H32N8O4. The molecule has 2 fully saturated rings. The van der Waals surface area contributed by atoms with Gasteiger partial charge in [-0.1, -0.05) is 12.1 Å². The van der Waals surface area contributed by atoms with Crippen LogP contribution in [0.4, 0.5) is 11.5 Å². The van der Waals surface area contributed by atoms with Crippen LogP contribution in [0.3, 0.4) is 0 Å². The second kappa shape index (κ2) is 11.9. The molecule has 41 heavy (non-hydrogen) atoms. The maximum atomic E-state index is 13.0. The highest BCUT2D eigenvalue weighted by Crippen LogP contribution is 2.39. The van der Waals surface area contributed by atoms with Crippen molar-refractivity contribution in [1.82, 2.24) is 30.2 Å². The van der Waals surface area contributed by atoms with Crippen molar-refractivity contribution in [1.29, 1.82) is 0 Å². The van der Waals surface area contributed by atoms with Gasteiger partial charge in [-0.2, -0.15) is 0 Å². The number of nitrogens with zero attached hydrogens (tertiary/aromatic N) is 5. The van der Waals surface area contributed by atoms with Gasteiger partial charge in [0.05, 0.1) is 18.9 Å². The van der Waals surface area contributed by atoms with Crippen molar-refractivity contribution in [3.8, 4) is 17.0 Å². The van der Waals surface area contributed by atoms with E-state index in [9.17, 15) is 14.7 Å². The Morgan fingerprint density at radius 3 is 2.76 bits per heavy atom. The summed E-state index contributed by atoms with van der Waals surface area (Å²) in [6.07, 6.45) is 5.88. The van der Waals surface area contributed by atoms with Crippen molar-refractivity contribution in [2.75, 3.05) is 49.6 Å². The quantitative estimate of drug-likeness (QED) is 0.240. The molecule has 1 unspecified atom stereocenters. The number of piperidine rings is 1. The summed E-state index contributed by atoms with van der Waals surface area (Å²) in [5.74, 6) is 0.453. The number of morpholine rings is 1. The molecule has 4 aromatic rings. The first-order chi connectivity index (χ1) is 20.1. The monoisotopic (exact) mass is 556 g/mol. The standard InChI is InChI=1S/C29H32N8O4/c38-18-33-22-2-1-9-36(16-22)15-19-7-8-30-23(14-19)29(40)34-21-5-3-20(4-6-21)25-26(39)24-27(35-25)31-17-32-28(24)37-10-12-41-13-11-37/h3-8,14,17-18,22,39H,1-2,9-13,15-16H2,(H,33,38)(H,34,40)(H,31,32,35). The Labute approximate surface area is 236 Å². The number of anilines is 2. The summed E-state index contributed by atoms with van der Waals surface area (Å²) in [5.41, 5.74) is 3.75. The summed E-state index contributed by atoms with van der Waals surface area (Å²) in [6.45, 7) is 5.00. The lowest BCUT2D eigenvalue weighted by Crippen LogP contribution is -2.44. The van der Waals surface area contributed by atoms with Crippen LogP contribution in [0, 0.1) is 0 Å². The van der Waals surface area contributed by atoms with Crippen LogP contribution < -0.4 is 15.5 Å². The van der Waals surface area contributed by atoms with Crippen molar-refractivity contribution in [2.45, 2.75) is 25.4 Å². The lowest BCUT2D eigenvalue weighted by atomic mass is 10.1. The number of pyridine rings is 1. The van der Waals surface area contributed by atoms with Gasteiger partial charge in [-0.05, 0) is 49.2 Å². The summed E-state index contributed by atoms with van der Waals surface area (Å²) in [7, 11) is 0. The minimum atomic E-state index is -0.308. The average molecular weight is 557 g/mol. The smallest absolute Gasteiger partial charge is 0.274 e. The molecule has 12 heteroatoms. The van der Waals surface area contributed by atoms with E-state index in [-0.39, 0.29) is 17.7 Å². The van der Waals surface area contributed by atoms with E-state index in [4.69, 9.17) is 4.74 Å². The Balaban J connectivity index is 1.14. The summed E-state index contributed by atoms with van der Waals surface area (Å²) >= 11 is 0. The van der Waals surface area contributed by atoms with Gasteiger partial charge in [-0.3, -0.25) is 19.5 Å². The van der Waals surface area contributed by atoms with Crippen LogP contribution in [0.2, 0.25) is 0 Å². The number of likely N-dealkylation sites (tertiary alicyclic amines) is 1. The van der Waals surface area contributed by atoms with Gasteiger partial charge in [0, 0.05) is 49.7 Å². The number of carbonyl (C=O) groups excluding carboxylic acids is 2. The van der Waals surface area contributed by atoms with Crippen molar-refractivity contribution in [3.05, 3.63) is 60.2 Å². The molecule has 3 aromatic heterocycles. The molecule has 12 nitrogen and oxygen atoms in total. The lowest BCUT2D eigenvalue weighted by Gasteiger charge is -2.32. The number of amides is 2. The maximum absolute atomic E-state index is 13.0. The molecule has 4 N–H and O–H groups in total. The molecular weight excluding hydrogens is 524 g/mol. The fourth-order valence-electron chi connectivity index (χ4n) is 5.52. The zero-order chi connectivity index (χ0) is 28.2. The van der Waals surface area contributed by atoms with E-state index in [0.717, 1.165) is 43.5 Å². The van der Waals surface area contributed by atoms with Crippen LogP contribution in [-0.2, 0) is 16.1 Å². The Morgan fingerprint density at radius 1 is 1.12 bits per heavy atom. The molecule has 0 bridgehead atoms. The number of H-pyrrole nitrogens is 1. The molecule has 1 aromatic carbocycles. The highest BCUT2D eigenvalue weighted by atomic mass is 16.5. The topological polar surface area (TPSA) is 149 Å². The fourth-order valence-corrected chi connectivity index (χ4v) is 5.52. The third kappa shape index (κ3) is 5.83. The molecule has 212 valence electrons. The predicted molar refractivity (Wildman–Crippen MR) is 154 cm³/mol. The van der Waals surface area contributed by atoms with E-state index < -0.39 is 0 Å². The first-order valence-electron chi connectivity index (χ1n) is 13.8. The lowest BCUT2D eigenvalue weighted by molar-refractivity contribution is -0.110. The minimum Gasteiger partial charge on any atom is -0.505 e. The molecule has 2 aliphatic rings. The highest BCUT2D eigenvalue weighted by Gasteiger charge is 2.23. The second-order valence-electron chi connectivity index (χ2n) is 10.3. The number of carbonyl (C=O) groups is 2. The van der Waals surface area contributed by atoms with Gasteiger partial charge in [0.1, 0.15) is 28.9 Å². The maximum Gasteiger partial charge on any atom is 0.274 e. The van der Waals surface area contributed by atoms with E-state index in [1.54, 1.807) is 24.4 Å². The number of hydrogen-bond acceptors (Lipinski definition) is 9. The summed E-state index contributed by atoms with van der Waals surface area (Å²) < 4.78 is 5.45. The third-order valence-electron chi connectivity index (χ3n) is 7.56. The number of ether oxygens (including phenoxy) is 1. The zero-order valence-corrected chi connectivity index (χ0v) is 22.5. The zero-order valence-electron chi connectivity index (χ0n) is 22.5. The van der Waals surface area contributed by atoms with Crippen LogP contribution in [0.25, 0.3) is 22.3 Å². The van der Waals surface area contributed by atoms with Crippen LogP contribution in [0.15, 0.2) is 48.9 Å². The van der Waals surface area contributed by atoms with Gasteiger partial charge < -0.3 is 30.4 Å². The number of aromatic amines is 1. The van der Waals surface area contributed by atoms with E-state index in [1.165, 1.54) is 6.33 Å². The summed E-state index contributed by atoms with van der Waals surface area (Å²) in [4.78, 5) is 44.4. The van der Waals surface area contributed by atoms with Crippen LogP contribution in [-0.4, -0.2) is 87.7 Å². The molecule has 0 radical (unpaired) electrons. The predicted octanol–water partition coefficient (Wildman–Crippen LogP) is 2.52. The van der Waals surface area contributed by atoms with Crippen LogP contribution in [0.1, 0.15) is 28.9 Å². The SMILES string of the molecule is O=CNC1CCCN(Cc2ccnc(C(=O)Nc3ccc(-c4[nH]c5ncnc(N6CCOCC6)c5c4O)cc3)c2)C1. The largest absolute Gasteiger partial charge is 0.505 e.